The first-order chi connectivity index (χ1) is 12.4. The molecule has 1 heterocycles. The molecule has 1 fully saturated rings. The van der Waals surface area contributed by atoms with Crippen molar-refractivity contribution in [3.63, 3.8) is 0 Å². The van der Waals surface area contributed by atoms with Crippen molar-refractivity contribution in [1.29, 1.82) is 0 Å². The molecule has 1 saturated heterocycles. The number of carbonyl (C=O) groups is 3. The third-order valence-electron chi connectivity index (χ3n) is 4.10. The molecule has 6 nitrogen and oxygen atoms in total. The number of methoxy groups -OCH3 is 1. The molecule has 0 aliphatic carbocycles. The number of aryl methyl sites for hydroxylation is 2. The monoisotopic (exact) mass is 376 g/mol. The summed E-state index contributed by atoms with van der Waals surface area (Å²) in [6.45, 7) is 6.16. The third kappa shape index (κ3) is 4.66. The molecule has 1 aromatic rings. The van der Waals surface area contributed by atoms with Crippen LogP contribution in [0.15, 0.2) is 17.0 Å². The predicted molar refractivity (Wildman–Crippen MR) is 103 cm³/mol. The summed E-state index contributed by atoms with van der Waals surface area (Å²) >= 11 is 0.859. The van der Waals surface area contributed by atoms with E-state index < -0.39 is 11.1 Å². The van der Waals surface area contributed by atoms with Crippen molar-refractivity contribution < 1.29 is 19.1 Å². The Morgan fingerprint density at radius 2 is 2.00 bits per heavy atom. The van der Waals surface area contributed by atoms with E-state index in [0.29, 0.717) is 11.4 Å². The Morgan fingerprint density at radius 1 is 1.27 bits per heavy atom. The Morgan fingerprint density at radius 3 is 2.65 bits per heavy atom. The summed E-state index contributed by atoms with van der Waals surface area (Å²) in [4.78, 5) is 37.9. The molecule has 1 aromatic carbocycles. The largest absolute Gasteiger partial charge is 0.496 e. The van der Waals surface area contributed by atoms with Gasteiger partial charge in [0, 0.05) is 6.54 Å². The lowest BCUT2D eigenvalue weighted by Gasteiger charge is -2.12. The van der Waals surface area contributed by atoms with Crippen molar-refractivity contribution in [2.24, 2.45) is 0 Å². The zero-order valence-corrected chi connectivity index (χ0v) is 16.4. The lowest BCUT2D eigenvalue weighted by atomic mass is 10.0. The van der Waals surface area contributed by atoms with Crippen molar-refractivity contribution in [1.82, 2.24) is 10.2 Å². The van der Waals surface area contributed by atoms with Gasteiger partial charge in [0.25, 0.3) is 11.1 Å². The maximum Gasteiger partial charge on any atom is 0.294 e. The van der Waals surface area contributed by atoms with Crippen molar-refractivity contribution in [2.45, 2.75) is 33.6 Å². The summed E-state index contributed by atoms with van der Waals surface area (Å²) in [5, 5.41) is 2.30. The van der Waals surface area contributed by atoms with Gasteiger partial charge in [-0.05, 0) is 66.9 Å². The highest BCUT2D eigenvalue weighted by atomic mass is 32.2. The van der Waals surface area contributed by atoms with Crippen LogP contribution in [0.25, 0.3) is 6.08 Å². The van der Waals surface area contributed by atoms with Gasteiger partial charge in [-0.15, -0.1) is 0 Å². The standard InChI is InChI=1S/C19H24N2O4S/c1-5-6-7-20-17(22)11-21-18(23)16(26-19(21)24)10-14-8-13(3)15(25-4)9-12(14)2/h8-10H,5-7,11H2,1-4H3,(H,20,22)/b16-10-. The first-order valence-electron chi connectivity index (χ1n) is 8.54. The van der Waals surface area contributed by atoms with Crippen molar-refractivity contribution in [3.05, 3.63) is 33.7 Å². The summed E-state index contributed by atoms with van der Waals surface area (Å²) in [7, 11) is 1.61. The van der Waals surface area contributed by atoms with Gasteiger partial charge in [-0.2, -0.15) is 0 Å². The highest BCUT2D eigenvalue weighted by Gasteiger charge is 2.36. The molecule has 3 amide bonds. The second-order valence-electron chi connectivity index (χ2n) is 6.15. The molecule has 1 N–H and O–H groups in total. The quantitative estimate of drug-likeness (QED) is 0.584. The molecule has 0 radical (unpaired) electrons. The second kappa shape index (κ2) is 8.89. The van der Waals surface area contributed by atoms with Gasteiger partial charge >= 0.3 is 0 Å². The Bertz CT molecular complexity index is 758. The Hall–Kier alpha value is -2.28. The van der Waals surface area contributed by atoms with Crippen LogP contribution in [0.4, 0.5) is 4.79 Å². The van der Waals surface area contributed by atoms with Crippen LogP contribution in [-0.4, -0.2) is 42.2 Å². The summed E-state index contributed by atoms with van der Waals surface area (Å²) in [5.74, 6) is 0.0217. The molecule has 0 bridgehead atoms. The van der Waals surface area contributed by atoms with Crippen molar-refractivity contribution in [3.8, 4) is 5.75 Å². The lowest BCUT2D eigenvalue weighted by Crippen LogP contribution is -2.39. The predicted octanol–water partition coefficient (Wildman–Crippen LogP) is 3.26. The molecule has 7 heteroatoms. The number of thioether (sulfide) groups is 1. The molecule has 140 valence electrons. The fraction of sp³-hybridized carbons (Fsp3) is 0.421. The van der Waals surface area contributed by atoms with Crippen LogP contribution < -0.4 is 10.1 Å². The van der Waals surface area contributed by atoms with Crippen LogP contribution in [0.3, 0.4) is 0 Å². The Labute approximate surface area is 158 Å². The first-order valence-corrected chi connectivity index (χ1v) is 9.36. The molecule has 0 aromatic heterocycles. The van der Waals surface area contributed by atoms with Gasteiger partial charge in [0.1, 0.15) is 12.3 Å². The lowest BCUT2D eigenvalue weighted by molar-refractivity contribution is -0.129. The van der Waals surface area contributed by atoms with E-state index >= 15 is 0 Å². The third-order valence-corrected chi connectivity index (χ3v) is 5.01. The fourth-order valence-corrected chi connectivity index (χ4v) is 3.40. The molecule has 0 unspecified atom stereocenters. The number of hydrogen-bond donors (Lipinski definition) is 1. The zero-order valence-electron chi connectivity index (χ0n) is 15.5. The van der Waals surface area contributed by atoms with E-state index in [1.807, 2.05) is 32.9 Å². The molecular weight excluding hydrogens is 352 g/mol. The number of benzene rings is 1. The Kier molecular flexibility index (Phi) is 6.85. The van der Waals surface area contributed by atoms with Crippen LogP contribution in [0, 0.1) is 13.8 Å². The van der Waals surface area contributed by atoms with E-state index in [1.165, 1.54) is 0 Å². The van der Waals surface area contributed by atoms with E-state index in [1.54, 1.807) is 13.2 Å². The minimum atomic E-state index is -0.432. The Balaban J connectivity index is 2.14. The zero-order chi connectivity index (χ0) is 19.3. The van der Waals surface area contributed by atoms with Crippen LogP contribution in [0.2, 0.25) is 0 Å². The highest BCUT2D eigenvalue weighted by molar-refractivity contribution is 8.18. The summed E-state index contributed by atoms with van der Waals surface area (Å²) in [6.07, 6.45) is 3.52. The highest BCUT2D eigenvalue weighted by Crippen LogP contribution is 2.33. The number of nitrogens with zero attached hydrogens (tertiary/aromatic N) is 1. The van der Waals surface area contributed by atoms with E-state index in [-0.39, 0.29) is 12.5 Å². The van der Waals surface area contributed by atoms with Gasteiger partial charge in [-0.1, -0.05) is 13.3 Å². The van der Waals surface area contributed by atoms with E-state index in [0.717, 1.165) is 51.9 Å². The maximum atomic E-state index is 12.5. The van der Waals surface area contributed by atoms with Gasteiger partial charge in [0.05, 0.1) is 12.0 Å². The normalized spacial score (nSPS) is 15.7. The molecular formula is C19H24N2O4S. The minimum Gasteiger partial charge on any atom is -0.496 e. The van der Waals surface area contributed by atoms with E-state index in [2.05, 4.69) is 5.32 Å². The van der Waals surface area contributed by atoms with E-state index in [9.17, 15) is 14.4 Å². The molecule has 1 aliphatic heterocycles. The number of hydrogen-bond acceptors (Lipinski definition) is 5. The van der Waals surface area contributed by atoms with Gasteiger partial charge in [-0.3, -0.25) is 19.3 Å². The molecule has 2 rings (SSSR count). The average Bonchev–Trinajstić information content (AvgIpc) is 2.85. The SMILES string of the molecule is CCCCNC(=O)CN1C(=O)S/C(=C\c2cc(C)c(OC)cc2C)C1=O. The maximum absolute atomic E-state index is 12.5. The first kappa shape index (κ1) is 20.0. The number of unbranched alkanes of at least 4 members (excludes halogenated alkanes) is 1. The summed E-state index contributed by atoms with van der Waals surface area (Å²) in [5.41, 5.74) is 2.73. The van der Waals surface area contributed by atoms with Gasteiger partial charge < -0.3 is 10.1 Å². The minimum absolute atomic E-state index is 0.244. The smallest absolute Gasteiger partial charge is 0.294 e. The molecule has 1 aliphatic rings. The number of carbonyl (C=O) groups excluding carboxylic acids is 3. The van der Waals surface area contributed by atoms with Gasteiger partial charge in [0.2, 0.25) is 5.91 Å². The average molecular weight is 376 g/mol. The van der Waals surface area contributed by atoms with Crippen molar-refractivity contribution in [2.75, 3.05) is 20.2 Å². The molecule has 26 heavy (non-hydrogen) atoms. The molecule has 0 spiro atoms. The van der Waals surface area contributed by atoms with Crippen LogP contribution >= 0.6 is 11.8 Å². The summed E-state index contributed by atoms with van der Waals surface area (Å²) < 4.78 is 5.29. The van der Waals surface area contributed by atoms with Crippen LogP contribution in [0.5, 0.6) is 5.75 Å². The second-order valence-corrected chi connectivity index (χ2v) is 7.14. The fourth-order valence-electron chi connectivity index (χ4n) is 2.57. The molecule has 0 atom stereocenters. The van der Waals surface area contributed by atoms with Gasteiger partial charge in [-0.25, -0.2) is 0 Å². The number of amides is 3. The summed E-state index contributed by atoms with van der Waals surface area (Å²) in [6, 6.07) is 3.81. The van der Waals surface area contributed by atoms with Crippen LogP contribution in [-0.2, 0) is 9.59 Å². The number of rotatable bonds is 7. The number of nitrogens with one attached hydrogen (secondary N) is 1. The molecule has 0 saturated carbocycles. The topological polar surface area (TPSA) is 75.7 Å². The number of imide groups is 1. The van der Waals surface area contributed by atoms with Crippen LogP contribution in [0.1, 0.15) is 36.5 Å². The van der Waals surface area contributed by atoms with Crippen molar-refractivity contribution >= 4 is 34.9 Å². The number of ether oxygens (including phenoxy) is 1. The van der Waals surface area contributed by atoms with E-state index in [4.69, 9.17) is 4.74 Å². The van der Waals surface area contributed by atoms with Gasteiger partial charge in [0.15, 0.2) is 0 Å².